The minimum absolute atomic E-state index is 0.0464. The third-order valence-electron chi connectivity index (χ3n) is 3.71. The Balaban J connectivity index is 2.80. The van der Waals surface area contributed by atoms with Crippen LogP contribution in [-0.4, -0.2) is 19.3 Å². The number of halogens is 2. The first-order valence-electron chi connectivity index (χ1n) is 6.54. The lowest BCUT2D eigenvalue weighted by Gasteiger charge is -2.15. The molecule has 0 amide bonds. The average Bonchev–Trinajstić information content (AvgIpc) is 2.69. The minimum Gasteiger partial charge on any atom is -0.389 e. The second kappa shape index (κ2) is 5.60. The maximum Gasteiger partial charge on any atom is 0.355 e. The van der Waals surface area contributed by atoms with Gasteiger partial charge in [-0.1, -0.05) is 12.2 Å². The third-order valence-corrected chi connectivity index (χ3v) is 3.93. The molecule has 0 radical (unpaired) electrons. The SMILES string of the molecule is Cc1cc(C(N)=S)c(C)c(C)c1-n1nc(C)n(C(F)F)c1=O. The molecule has 0 saturated heterocycles. The number of benzene rings is 1. The summed E-state index contributed by atoms with van der Waals surface area (Å²) in [5.41, 5.74) is 8.19. The first kappa shape index (κ1) is 16.3. The van der Waals surface area contributed by atoms with E-state index in [0.717, 1.165) is 15.8 Å². The molecule has 1 aromatic heterocycles. The molecular formula is C14H16F2N4OS. The van der Waals surface area contributed by atoms with Gasteiger partial charge in [-0.05, 0) is 50.5 Å². The van der Waals surface area contributed by atoms with Crippen molar-refractivity contribution in [2.24, 2.45) is 5.73 Å². The smallest absolute Gasteiger partial charge is 0.355 e. The fourth-order valence-corrected chi connectivity index (χ4v) is 2.71. The molecule has 0 saturated carbocycles. The van der Waals surface area contributed by atoms with Crippen molar-refractivity contribution >= 4 is 17.2 Å². The fourth-order valence-electron chi connectivity index (χ4n) is 2.50. The van der Waals surface area contributed by atoms with E-state index in [4.69, 9.17) is 18.0 Å². The maximum atomic E-state index is 12.9. The Morgan fingerprint density at radius 2 is 1.86 bits per heavy atom. The van der Waals surface area contributed by atoms with E-state index in [-0.39, 0.29) is 10.8 Å². The minimum atomic E-state index is -2.93. The van der Waals surface area contributed by atoms with Crippen LogP contribution in [0.1, 0.15) is 34.6 Å². The van der Waals surface area contributed by atoms with Gasteiger partial charge in [0.1, 0.15) is 10.8 Å². The molecule has 0 aliphatic rings. The highest BCUT2D eigenvalue weighted by Crippen LogP contribution is 2.24. The predicted molar refractivity (Wildman–Crippen MR) is 83.9 cm³/mol. The Hall–Kier alpha value is -2.09. The Bertz CT molecular complexity index is 823. The summed E-state index contributed by atoms with van der Waals surface area (Å²) in [5, 5.41) is 3.96. The number of alkyl halides is 2. The van der Waals surface area contributed by atoms with Crippen molar-refractivity contribution in [2.45, 2.75) is 34.2 Å². The van der Waals surface area contributed by atoms with Crippen molar-refractivity contribution in [1.29, 1.82) is 0 Å². The van der Waals surface area contributed by atoms with Gasteiger partial charge in [-0.2, -0.15) is 18.6 Å². The van der Waals surface area contributed by atoms with E-state index >= 15 is 0 Å². The summed E-state index contributed by atoms with van der Waals surface area (Å²) in [4.78, 5) is 12.4. The summed E-state index contributed by atoms with van der Waals surface area (Å²) in [7, 11) is 0. The number of hydrogen-bond donors (Lipinski definition) is 1. The van der Waals surface area contributed by atoms with E-state index < -0.39 is 12.2 Å². The molecule has 0 spiro atoms. The molecule has 8 heteroatoms. The highest BCUT2D eigenvalue weighted by molar-refractivity contribution is 7.80. The number of aromatic nitrogens is 3. The van der Waals surface area contributed by atoms with Crippen LogP contribution in [0.3, 0.4) is 0 Å². The van der Waals surface area contributed by atoms with Gasteiger partial charge in [-0.15, -0.1) is 0 Å². The molecule has 0 unspecified atom stereocenters. The highest BCUT2D eigenvalue weighted by atomic mass is 32.1. The van der Waals surface area contributed by atoms with Crippen molar-refractivity contribution < 1.29 is 8.78 Å². The van der Waals surface area contributed by atoms with Gasteiger partial charge in [0.2, 0.25) is 0 Å². The number of aryl methyl sites for hydroxylation is 2. The molecule has 0 fully saturated rings. The molecule has 22 heavy (non-hydrogen) atoms. The number of thiocarbonyl (C=S) groups is 1. The zero-order chi connectivity index (χ0) is 16.8. The lowest BCUT2D eigenvalue weighted by molar-refractivity contribution is 0.0640. The predicted octanol–water partition coefficient (Wildman–Crippen LogP) is 2.30. The van der Waals surface area contributed by atoms with Crippen molar-refractivity contribution in [3.63, 3.8) is 0 Å². The zero-order valence-corrected chi connectivity index (χ0v) is 13.5. The molecule has 1 heterocycles. The summed E-state index contributed by atoms with van der Waals surface area (Å²) in [6.45, 7) is 3.79. The number of hydrogen-bond acceptors (Lipinski definition) is 3. The summed E-state index contributed by atoms with van der Waals surface area (Å²) in [5.74, 6) is -0.0464. The molecular weight excluding hydrogens is 310 g/mol. The van der Waals surface area contributed by atoms with Crippen LogP contribution < -0.4 is 11.4 Å². The monoisotopic (exact) mass is 326 g/mol. The van der Waals surface area contributed by atoms with Gasteiger partial charge in [-0.3, -0.25) is 0 Å². The quantitative estimate of drug-likeness (QED) is 0.879. The van der Waals surface area contributed by atoms with Gasteiger partial charge in [0.15, 0.2) is 0 Å². The highest BCUT2D eigenvalue weighted by Gasteiger charge is 2.21. The van der Waals surface area contributed by atoms with Gasteiger partial charge in [0.05, 0.1) is 5.69 Å². The van der Waals surface area contributed by atoms with Gasteiger partial charge in [0, 0.05) is 5.56 Å². The first-order valence-corrected chi connectivity index (χ1v) is 6.95. The fraction of sp³-hybridized carbons (Fsp3) is 0.357. The molecule has 2 aromatic rings. The van der Waals surface area contributed by atoms with Gasteiger partial charge >= 0.3 is 12.2 Å². The van der Waals surface area contributed by atoms with E-state index in [1.54, 1.807) is 19.9 Å². The molecule has 0 aliphatic carbocycles. The average molecular weight is 326 g/mol. The maximum absolute atomic E-state index is 12.9. The summed E-state index contributed by atoms with van der Waals surface area (Å²) in [6, 6.07) is 1.74. The van der Waals surface area contributed by atoms with Crippen LogP contribution in [0.4, 0.5) is 8.78 Å². The summed E-state index contributed by atoms with van der Waals surface area (Å²) < 4.78 is 27.2. The van der Waals surface area contributed by atoms with Gasteiger partial charge in [-0.25, -0.2) is 9.36 Å². The standard InChI is InChI=1S/C14H16F2N4OS/c1-6-5-10(12(17)22)7(2)8(3)11(6)20-14(21)19(13(15)16)9(4)18-20/h5,13H,1-4H3,(H2,17,22). The molecule has 1 aromatic carbocycles. The number of nitrogens with two attached hydrogens (primary N) is 1. The normalized spacial score (nSPS) is 11.2. The molecule has 2 rings (SSSR count). The summed E-state index contributed by atoms with van der Waals surface area (Å²) in [6.07, 6.45) is 0. The topological polar surface area (TPSA) is 65.8 Å². The van der Waals surface area contributed by atoms with Crippen LogP contribution >= 0.6 is 12.2 Å². The molecule has 0 aliphatic heterocycles. The lowest BCUT2D eigenvalue weighted by Crippen LogP contribution is -2.26. The Labute approximate surface area is 131 Å². The number of nitrogens with zero attached hydrogens (tertiary/aromatic N) is 3. The third kappa shape index (κ3) is 2.43. The second-order valence-electron chi connectivity index (χ2n) is 5.09. The van der Waals surface area contributed by atoms with Gasteiger partial charge < -0.3 is 5.73 Å². The molecule has 2 N–H and O–H groups in total. The van der Waals surface area contributed by atoms with Crippen molar-refractivity contribution in [2.75, 3.05) is 0 Å². The van der Waals surface area contributed by atoms with Crippen LogP contribution in [0.5, 0.6) is 0 Å². The molecule has 118 valence electrons. The Morgan fingerprint density at radius 1 is 1.27 bits per heavy atom. The zero-order valence-electron chi connectivity index (χ0n) is 12.6. The van der Waals surface area contributed by atoms with Crippen molar-refractivity contribution in [1.82, 2.24) is 14.3 Å². The summed E-state index contributed by atoms with van der Waals surface area (Å²) >= 11 is 5.00. The largest absolute Gasteiger partial charge is 0.389 e. The second-order valence-corrected chi connectivity index (χ2v) is 5.53. The lowest BCUT2D eigenvalue weighted by atomic mass is 9.97. The van der Waals surface area contributed by atoms with E-state index in [0.29, 0.717) is 21.4 Å². The van der Waals surface area contributed by atoms with E-state index in [2.05, 4.69) is 5.10 Å². The van der Waals surface area contributed by atoms with Crippen LogP contribution in [0.15, 0.2) is 10.9 Å². The van der Waals surface area contributed by atoms with Crippen molar-refractivity contribution in [3.05, 3.63) is 44.6 Å². The van der Waals surface area contributed by atoms with E-state index in [1.165, 1.54) is 6.92 Å². The van der Waals surface area contributed by atoms with E-state index in [1.807, 2.05) is 6.92 Å². The van der Waals surface area contributed by atoms with Crippen LogP contribution in [0.2, 0.25) is 0 Å². The first-order chi connectivity index (χ1) is 10.2. The molecule has 0 bridgehead atoms. The van der Waals surface area contributed by atoms with Crippen molar-refractivity contribution in [3.8, 4) is 5.69 Å². The molecule has 0 atom stereocenters. The number of rotatable bonds is 3. The molecule has 5 nitrogen and oxygen atoms in total. The van der Waals surface area contributed by atoms with Crippen LogP contribution in [0, 0.1) is 27.7 Å². The Kier molecular flexibility index (Phi) is 4.15. The van der Waals surface area contributed by atoms with Gasteiger partial charge in [0.25, 0.3) is 0 Å². The van der Waals surface area contributed by atoms with E-state index in [9.17, 15) is 13.6 Å². The van der Waals surface area contributed by atoms with Crippen LogP contribution in [0.25, 0.3) is 5.69 Å². The Morgan fingerprint density at radius 3 is 2.32 bits per heavy atom. The van der Waals surface area contributed by atoms with Crippen LogP contribution in [-0.2, 0) is 0 Å².